The highest BCUT2D eigenvalue weighted by Crippen LogP contribution is 2.56. The Morgan fingerprint density at radius 3 is 2.28 bits per heavy atom. The number of rotatable bonds is 6. The van der Waals surface area contributed by atoms with Crippen LogP contribution in [0, 0.1) is 11.8 Å². The smallest absolute Gasteiger partial charge is 0.344 e. The van der Waals surface area contributed by atoms with Crippen LogP contribution in [0.15, 0.2) is 48.8 Å². The van der Waals surface area contributed by atoms with Crippen molar-refractivity contribution >= 4 is 11.9 Å². The number of aromatic nitrogens is 1. The molecule has 0 saturated carbocycles. The van der Waals surface area contributed by atoms with E-state index in [1.54, 1.807) is 37.1 Å². The molecule has 0 unspecified atom stereocenters. The SMILES string of the molecule is COc1cc([C@H]2c3cc4c(cc3[C@@H](OC(=O)c3ccc[n+](C)c3)[C@H]3COC(=O)[C@H]23)OCO4)cc(OC)c1OC. The number of benzene rings is 2. The quantitative estimate of drug-likeness (QED) is 0.349. The van der Waals surface area contributed by atoms with Gasteiger partial charge in [-0.1, -0.05) is 0 Å². The summed E-state index contributed by atoms with van der Waals surface area (Å²) in [4.78, 5) is 26.6. The summed E-state index contributed by atoms with van der Waals surface area (Å²) in [7, 11) is 6.45. The molecule has 3 heterocycles. The molecule has 0 spiro atoms. The number of methoxy groups -OCH3 is 3. The van der Waals surface area contributed by atoms with Crippen molar-refractivity contribution in [2.45, 2.75) is 12.0 Å². The first-order chi connectivity index (χ1) is 18.9. The number of pyridine rings is 1. The molecule has 1 aliphatic carbocycles. The van der Waals surface area contributed by atoms with Crippen molar-refractivity contribution in [1.82, 2.24) is 0 Å². The number of nitrogens with zero attached hydrogens (tertiary/aromatic N) is 1. The Balaban J connectivity index is 1.52. The molecule has 0 radical (unpaired) electrons. The zero-order chi connectivity index (χ0) is 27.3. The van der Waals surface area contributed by atoms with E-state index >= 15 is 0 Å². The van der Waals surface area contributed by atoms with E-state index in [1.807, 2.05) is 37.5 Å². The first-order valence-electron chi connectivity index (χ1n) is 12.5. The van der Waals surface area contributed by atoms with Crippen molar-refractivity contribution in [3.05, 3.63) is 71.0 Å². The first-order valence-corrected chi connectivity index (χ1v) is 12.5. The van der Waals surface area contributed by atoms with Gasteiger partial charge >= 0.3 is 11.9 Å². The van der Waals surface area contributed by atoms with Crippen LogP contribution < -0.4 is 28.3 Å². The van der Waals surface area contributed by atoms with Crippen LogP contribution in [0.4, 0.5) is 0 Å². The fraction of sp³-hybridized carbons (Fsp3) is 0.345. The molecule has 0 N–H and O–H groups in total. The molecule has 2 aliphatic heterocycles. The third kappa shape index (κ3) is 4.07. The number of carbonyl (C=O) groups is 2. The van der Waals surface area contributed by atoms with Crippen LogP contribution in [-0.4, -0.2) is 46.7 Å². The van der Waals surface area contributed by atoms with Crippen LogP contribution in [0.2, 0.25) is 0 Å². The van der Waals surface area contributed by atoms with Gasteiger partial charge in [-0.3, -0.25) is 4.79 Å². The summed E-state index contributed by atoms with van der Waals surface area (Å²) >= 11 is 0. The highest BCUT2D eigenvalue weighted by molar-refractivity contribution is 5.89. The number of esters is 2. The summed E-state index contributed by atoms with van der Waals surface area (Å²) in [6, 6.07) is 10.8. The molecule has 1 fully saturated rings. The van der Waals surface area contributed by atoms with E-state index in [4.69, 9.17) is 33.2 Å². The molecule has 6 rings (SSSR count). The molecular weight excluding hydrogens is 506 g/mol. The fourth-order valence-corrected chi connectivity index (χ4v) is 5.84. The summed E-state index contributed by atoms with van der Waals surface area (Å²) in [6.07, 6.45) is 2.77. The summed E-state index contributed by atoms with van der Waals surface area (Å²) in [5, 5.41) is 0. The van der Waals surface area contributed by atoms with Gasteiger partial charge in [-0.05, 0) is 41.5 Å². The lowest BCUT2D eigenvalue weighted by Crippen LogP contribution is -2.37. The van der Waals surface area contributed by atoms with Crippen LogP contribution in [-0.2, 0) is 21.3 Å². The molecule has 10 heteroatoms. The monoisotopic (exact) mass is 534 g/mol. The maximum Gasteiger partial charge on any atom is 0.344 e. The van der Waals surface area contributed by atoms with Crippen molar-refractivity contribution in [2.75, 3.05) is 34.7 Å². The Morgan fingerprint density at radius 1 is 0.949 bits per heavy atom. The average Bonchev–Trinajstić information content (AvgIpc) is 3.57. The van der Waals surface area contributed by atoms with Crippen LogP contribution in [0.3, 0.4) is 0 Å². The Hall–Kier alpha value is -4.47. The van der Waals surface area contributed by atoms with Gasteiger partial charge in [0.05, 0.1) is 33.9 Å². The second-order valence-electron chi connectivity index (χ2n) is 9.67. The minimum atomic E-state index is -0.748. The van der Waals surface area contributed by atoms with Crippen LogP contribution >= 0.6 is 0 Å². The van der Waals surface area contributed by atoms with Crippen LogP contribution in [0.5, 0.6) is 28.7 Å². The Morgan fingerprint density at radius 2 is 1.64 bits per heavy atom. The number of aryl methyl sites for hydroxylation is 1. The van der Waals surface area contributed by atoms with Gasteiger partial charge in [-0.25, -0.2) is 9.36 Å². The zero-order valence-electron chi connectivity index (χ0n) is 22.0. The Bertz CT molecular complexity index is 1440. The normalized spacial score (nSPS) is 22.4. The molecule has 1 saturated heterocycles. The standard InChI is InChI=1S/C29H28NO9/c1-30-7-5-6-15(12-30)28(31)39-26-18-11-21-20(37-14-38-21)10-17(18)24(25-19(26)13-36-29(25)32)16-8-22(33-2)27(35-4)23(9-16)34-3/h5-12,19,24-26H,13-14H2,1-4H3/q+1/t19-,24-,25-,26+/m0/s1. The Kier molecular flexibility index (Phi) is 6.17. The number of carbonyl (C=O) groups excluding carboxylic acids is 2. The van der Waals surface area contributed by atoms with Gasteiger partial charge in [-0.2, -0.15) is 0 Å². The van der Waals surface area contributed by atoms with Gasteiger partial charge in [0.1, 0.15) is 18.7 Å². The number of ether oxygens (including phenoxy) is 7. The van der Waals surface area contributed by atoms with E-state index in [0.717, 1.165) is 16.7 Å². The van der Waals surface area contributed by atoms with E-state index < -0.39 is 29.8 Å². The zero-order valence-corrected chi connectivity index (χ0v) is 22.0. The number of fused-ring (bicyclic) bond motifs is 3. The van der Waals surface area contributed by atoms with Gasteiger partial charge in [0.2, 0.25) is 12.5 Å². The highest BCUT2D eigenvalue weighted by Gasteiger charge is 2.54. The summed E-state index contributed by atoms with van der Waals surface area (Å²) in [6.45, 7) is 0.186. The molecule has 1 aromatic heterocycles. The van der Waals surface area contributed by atoms with Crippen molar-refractivity contribution in [1.29, 1.82) is 0 Å². The van der Waals surface area contributed by atoms with Gasteiger partial charge in [0.25, 0.3) is 0 Å². The van der Waals surface area contributed by atoms with E-state index in [1.165, 1.54) is 7.11 Å². The van der Waals surface area contributed by atoms with Crippen LogP contribution in [0.1, 0.15) is 39.1 Å². The third-order valence-electron chi connectivity index (χ3n) is 7.57. The molecule has 0 amide bonds. The van der Waals surface area contributed by atoms with Crippen molar-refractivity contribution in [2.24, 2.45) is 18.9 Å². The molecule has 2 aromatic carbocycles. The van der Waals surface area contributed by atoms with Gasteiger partial charge in [0, 0.05) is 23.5 Å². The Labute approximate surface area is 224 Å². The lowest BCUT2D eigenvalue weighted by Gasteiger charge is -2.38. The second kappa shape index (κ2) is 9.68. The lowest BCUT2D eigenvalue weighted by atomic mass is 9.66. The molecule has 0 bridgehead atoms. The summed E-state index contributed by atoms with van der Waals surface area (Å²) in [5.41, 5.74) is 2.66. The highest BCUT2D eigenvalue weighted by atomic mass is 16.7. The first kappa shape index (κ1) is 24.8. The van der Waals surface area contributed by atoms with E-state index in [-0.39, 0.29) is 19.4 Å². The maximum atomic E-state index is 13.3. The molecule has 39 heavy (non-hydrogen) atoms. The van der Waals surface area contributed by atoms with Crippen molar-refractivity contribution < 1.29 is 47.3 Å². The predicted molar refractivity (Wildman–Crippen MR) is 134 cm³/mol. The van der Waals surface area contributed by atoms with Gasteiger partial charge < -0.3 is 33.2 Å². The molecule has 3 aromatic rings. The number of cyclic esters (lactones) is 1. The van der Waals surface area contributed by atoms with Gasteiger partial charge in [0.15, 0.2) is 35.4 Å². The number of hydrogen-bond acceptors (Lipinski definition) is 9. The largest absolute Gasteiger partial charge is 0.493 e. The summed E-state index contributed by atoms with van der Waals surface area (Å²) in [5.74, 6) is 0.0701. The van der Waals surface area contributed by atoms with Crippen LogP contribution in [0.25, 0.3) is 0 Å². The fourth-order valence-electron chi connectivity index (χ4n) is 5.84. The van der Waals surface area contributed by atoms with Crippen molar-refractivity contribution in [3.8, 4) is 28.7 Å². The number of hydrogen-bond donors (Lipinski definition) is 0. The van der Waals surface area contributed by atoms with Gasteiger partial charge in [-0.15, -0.1) is 0 Å². The molecule has 10 nitrogen and oxygen atoms in total. The second-order valence-corrected chi connectivity index (χ2v) is 9.67. The minimum Gasteiger partial charge on any atom is -0.493 e. The maximum absolute atomic E-state index is 13.3. The van der Waals surface area contributed by atoms with E-state index in [2.05, 4.69) is 0 Å². The molecule has 202 valence electrons. The topological polar surface area (TPSA) is 103 Å². The third-order valence-corrected chi connectivity index (χ3v) is 7.57. The lowest BCUT2D eigenvalue weighted by molar-refractivity contribution is -0.671. The predicted octanol–water partition coefficient (Wildman–Crippen LogP) is 3.10. The molecular formula is C29H28NO9+. The minimum absolute atomic E-state index is 0.0763. The van der Waals surface area contributed by atoms with E-state index in [9.17, 15) is 9.59 Å². The summed E-state index contributed by atoms with van der Waals surface area (Å²) < 4.78 is 41.6. The van der Waals surface area contributed by atoms with E-state index in [0.29, 0.717) is 34.3 Å². The van der Waals surface area contributed by atoms with Crippen molar-refractivity contribution in [3.63, 3.8) is 0 Å². The molecule has 3 aliphatic rings. The average molecular weight is 535 g/mol. The molecule has 4 atom stereocenters.